The van der Waals surface area contributed by atoms with Crippen molar-refractivity contribution in [2.45, 2.75) is 25.9 Å². The first-order valence-corrected chi connectivity index (χ1v) is 10.8. The van der Waals surface area contributed by atoms with Gasteiger partial charge in [0.05, 0.1) is 12.5 Å². The van der Waals surface area contributed by atoms with Crippen molar-refractivity contribution in [1.82, 2.24) is 15.1 Å². The summed E-state index contributed by atoms with van der Waals surface area (Å²) in [6.07, 6.45) is 0.239. The lowest BCUT2D eigenvalue weighted by molar-refractivity contribution is -0.139. The molecule has 6 heteroatoms. The highest BCUT2D eigenvalue weighted by Gasteiger charge is 2.33. The van der Waals surface area contributed by atoms with Gasteiger partial charge in [0, 0.05) is 51.5 Å². The lowest BCUT2D eigenvalue weighted by atomic mass is 10.1. The van der Waals surface area contributed by atoms with Crippen LogP contribution in [-0.4, -0.2) is 66.9 Å². The van der Waals surface area contributed by atoms with Gasteiger partial charge in [-0.05, 0) is 24.6 Å². The minimum absolute atomic E-state index is 0.0374. The Morgan fingerprint density at radius 2 is 1.67 bits per heavy atom. The molecular formula is C24H30N4O2. The van der Waals surface area contributed by atoms with Crippen LogP contribution in [0, 0.1) is 6.92 Å². The number of benzene rings is 2. The largest absolute Gasteiger partial charge is 0.368 e. The molecule has 2 fully saturated rings. The number of aryl methyl sites for hydroxylation is 1. The van der Waals surface area contributed by atoms with E-state index < -0.39 is 6.04 Å². The molecule has 1 atom stereocenters. The summed E-state index contributed by atoms with van der Waals surface area (Å²) < 4.78 is 0. The van der Waals surface area contributed by atoms with Crippen LogP contribution < -0.4 is 10.2 Å². The first kappa shape index (κ1) is 20.4. The number of para-hydroxylation sites is 1. The smallest absolute Gasteiger partial charge is 0.237 e. The standard InChI is InChI=1S/C24H30N4O2/c1-19-7-9-20(10-8-19)18-28-12-11-25-24(30)22(28)17-23(29)27-15-13-26(14-16-27)21-5-3-2-4-6-21/h2-10,22H,11-18H2,1H3,(H,25,30). The maximum Gasteiger partial charge on any atom is 0.237 e. The fraction of sp³-hybridized carbons (Fsp3) is 0.417. The van der Waals surface area contributed by atoms with Gasteiger partial charge >= 0.3 is 0 Å². The van der Waals surface area contributed by atoms with E-state index in [0.29, 0.717) is 26.2 Å². The third-order valence-corrected chi connectivity index (χ3v) is 6.07. The molecule has 2 aliphatic rings. The second kappa shape index (κ2) is 9.30. The number of carbonyl (C=O) groups is 2. The normalized spacial score (nSPS) is 20.2. The molecule has 2 heterocycles. The Balaban J connectivity index is 1.35. The number of rotatable bonds is 5. The predicted octanol–water partition coefficient (Wildman–Crippen LogP) is 2.03. The maximum atomic E-state index is 13.0. The molecule has 2 amide bonds. The third kappa shape index (κ3) is 4.82. The van der Waals surface area contributed by atoms with E-state index in [1.165, 1.54) is 16.8 Å². The lowest BCUT2D eigenvalue weighted by Gasteiger charge is -2.39. The Labute approximate surface area is 178 Å². The van der Waals surface area contributed by atoms with Gasteiger partial charge in [-0.2, -0.15) is 0 Å². The molecule has 158 valence electrons. The van der Waals surface area contributed by atoms with E-state index in [2.05, 4.69) is 58.4 Å². The molecule has 2 aromatic carbocycles. The van der Waals surface area contributed by atoms with E-state index >= 15 is 0 Å². The molecule has 0 radical (unpaired) electrons. The van der Waals surface area contributed by atoms with Gasteiger partial charge in [-0.3, -0.25) is 14.5 Å². The molecule has 0 aliphatic carbocycles. The van der Waals surface area contributed by atoms with E-state index in [1.54, 1.807) is 0 Å². The number of amides is 2. The van der Waals surface area contributed by atoms with Crippen LogP contribution >= 0.6 is 0 Å². The van der Waals surface area contributed by atoms with Crippen molar-refractivity contribution in [2.75, 3.05) is 44.2 Å². The summed E-state index contributed by atoms with van der Waals surface area (Å²) in [5.41, 5.74) is 3.58. The molecule has 30 heavy (non-hydrogen) atoms. The predicted molar refractivity (Wildman–Crippen MR) is 118 cm³/mol. The van der Waals surface area contributed by atoms with E-state index in [9.17, 15) is 9.59 Å². The van der Waals surface area contributed by atoms with Crippen molar-refractivity contribution in [3.63, 3.8) is 0 Å². The lowest BCUT2D eigenvalue weighted by Crippen LogP contribution is -2.57. The molecule has 6 nitrogen and oxygen atoms in total. The van der Waals surface area contributed by atoms with Crippen molar-refractivity contribution in [2.24, 2.45) is 0 Å². The Hall–Kier alpha value is -2.86. The number of anilines is 1. The summed E-state index contributed by atoms with van der Waals surface area (Å²) in [4.78, 5) is 31.9. The van der Waals surface area contributed by atoms with Crippen molar-refractivity contribution < 1.29 is 9.59 Å². The molecule has 2 saturated heterocycles. The molecule has 2 aliphatic heterocycles. The highest BCUT2D eigenvalue weighted by atomic mass is 16.2. The average Bonchev–Trinajstić information content (AvgIpc) is 2.78. The summed E-state index contributed by atoms with van der Waals surface area (Å²) in [6, 6.07) is 18.3. The first-order valence-electron chi connectivity index (χ1n) is 10.8. The SMILES string of the molecule is Cc1ccc(CN2CCNC(=O)C2CC(=O)N2CCN(c3ccccc3)CC2)cc1. The van der Waals surface area contributed by atoms with E-state index in [4.69, 9.17) is 0 Å². The summed E-state index contributed by atoms with van der Waals surface area (Å²) in [5, 5.41) is 2.93. The number of carbonyl (C=O) groups excluding carboxylic acids is 2. The quantitative estimate of drug-likeness (QED) is 0.826. The average molecular weight is 407 g/mol. The van der Waals surface area contributed by atoms with Gasteiger partial charge in [0.1, 0.15) is 0 Å². The molecule has 0 bridgehead atoms. The number of hydrogen-bond donors (Lipinski definition) is 1. The number of hydrogen-bond acceptors (Lipinski definition) is 4. The van der Waals surface area contributed by atoms with Crippen LogP contribution in [0.25, 0.3) is 0 Å². The third-order valence-electron chi connectivity index (χ3n) is 6.07. The zero-order valence-electron chi connectivity index (χ0n) is 17.6. The topological polar surface area (TPSA) is 55.9 Å². The molecule has 2 aromatic rings. The van der Waals surface area contributed by atoms with E-state index in [-0.39, 0.29) is 18.2 Å². The highest BCUT2D eigenvalue weighted by Crippen LogP contribution is 2.18. The van der Waals surface area contributed by atoms with Crippen LogP contribution in [-0.2, 0) is 16.1 Å². The summed E-state index contributed by atoms with van der Waals surface area (Å²) >= 11 is 0. The fourth-order valence-corrected chi connectivity index (χ4v) is 4.25. The second-order valence-corrected chi connectivity index (χ2v) is 8.17. The van der Waals surface area contributed by atoms with E-state index in [0.717, 1.165) is 19.6 Å². The summed E-state index contributed by atoms with van der Waals surface area (Å²) in [7, 11) is 0. The van der Waals surface area contributed by atoms with Gasteiger partial charge in [-0.25, -0.2) is 0 Å². The summed E-state index contributed by atoms with van der Waals surface area (Å²) in [5.74, 6) is 0.0308. The van der Waals surface area contributed by atoms with Crippen molar-refractivity contribution in [3.8, 4) is 0 Å². The molecule has 1 unspecified atom stereocenters. The fourth-order valence-electron chi connectivity index (χ4n) is 4.25. The van der Waals surface area contributed by atoms with Crippen LogP contribution in [0.4, 0.5) is 5.69 Å². The molecule has 4 rings (SSSR count). The van der Waals surface area contributed by atoms with Gasteiger partial charge in [0.25, 0.3) is 0 Å². The van der Waals surface area contributed by atoms with Gasteiger partial charge in [0.15, 0.2) is 0 Å². The molecule has 0 aromatic heterocycles. The number of nitrogens with zero attached hydrogens (tertiary/aromatic N) is 3. The first-order chi connectivity index (χ1) is 14.6. The van der Waals surface area contributed by atoms with Crippen molar-refractivity contribution >= 4 is 17.5 Å². The molecule has 1 N–H and O–H groups in total. The monoisotopic (exact) mass is 406 g/mol. The van der Waals surface area contributed by atoms with Gasteiger partial charge < -0.3 is 15.1 Å². The minimum atomic E-state index is -0.403. The highest BCUT2D eigenvalue weighted by molar-refractivity contribution is 5.89. The van der Waals surface area contributed by atoms with Crippen LogP contribution in [0.3, 0.4) is 0 Å². The minimum Gasteiger partial charge on any atom is -0.368 e. The Bertz CT molecular complexity index is 861. The second-order valence-electron chi connectivity index (χ2n) is 8.17. The number of nitrogens with one attached hydrogen (secondary N) is 1. The van der Waals surface area contributed by atoms with Crippen LogP contribution in [0.2, 0.25) is 0 Å². The van der Waals surface area contributed by atoms with Crippen molar-refractivity contribution in [3.05, 3.63) is 65.7 Å². The number of piperazine rings is 2. The summed E-state index contributed by atoms with van der Waals surface area (Å²) in [6.45, 7) is 7.18. The maximum absolute atomic E-state index is 13.0. The Morgan fingerprint density at radius 1 is 0.967 bits per heavy atom. The van der Waals surface area contributed by atoms with E-state index in [1.807, 2.05) is 23.1 Å². The Kier molecular flexibility index (Phi) is 6.33. The zero-order valence-corrected chi connectivity index (χ0v) is 17.6. The zero-order chi connectivity index (χ0) is 20.9. The molecule has 0 spiro atoms. The van der Waals surface area contributed by atoms with Gasteiger partial charge in [-0.1, -0.05) is 48.0 Å². The van der Waals surface area contributed by atoms with Crippen LogP contribution in [0.15, 0.2) is 54.6 Å². The Morgan fingerprint density at radius 3 is 2.37 bits per heavy atom. The van der Waals surface area contributed by atoms with Gasteiger partial charge in [-0.15, -0.1) is 0 Å². The van der Waals surface area contributed by atoms with Crippen molar-refractivity contribution in [1.29, 1.82) is 0 Å². The van der Waals surface area contributed by atoms with Crippen LogP contribution in [0.5, 0.6) is 0 Å². The molecular weight excluding hydrogens is 376 g/mol. The molecule has 0 saturated carbocycles. The van der Waals surface area contributed by atoms with Gasteiger partial charge in [0.2, 0.25) is 11.8 Å². The van der Waals surface area contributed by atoms with Crippen LogP contribution in [0.1, 0.15) is 17.5 Å².